The molecule has 0 saturated heterocycles. The number of aryl methyl sites for hydroxylation is 1. The molecule has 0 fully saturated rings. The van der Waals surface area contributed by atoms with Crippen LogP contribution in [-0.4, -0.2) is 19.7 Å². The van der Waals surface area contributed by atoms with Crippen LogP contribution in [0.25, 0.3) is 27.6 Å². The van der Waals surface area contributed by atoms with Gasteiger partial charge < -0.3 is 0 Å². The van der Waals surface area contributed by atoms with Gasteiger partial charge in [-0.2, -0.15) is 18.3 Å². The molecule has 5 rings (SSSR count). The van der Waals surface area contributed by atoms with Gasteiger partial charge in [0.2, 0.25) is 5.13 Å². The molecule has 0 amide bonds. The van der Waals surface area contributed by atoms with Gasteiger partial charge in [-0.3, -0.25) is 4.98 Å². The van der Waals surface area contributed by atoms with Crippen LogP contribution in [0.1, 0.15) is 16.8 Å². The van der Waals surface area contributed by atoms with Crippen LogP contribution in [0.15, 0.2) is 54.2 Å². The van der Waals surface area contributed by atoms with Crippen LogP contribution in [0, 0.1) is 0 Å². The predicted molar refractivity (Wildman–Crippen MR) is 100 cm³/mol. The van der Waals surface area contributed by atoms with Gasteiger partial charge in [0.05, 0.1) is 11.4 Å². The summed E-state index contributed by atoms with van der Waals surface area (Å²) in [5, 5.41) is 6.30. The lowest BCUT2D eigenvalue weighted by Gasteiger charge is -2.16. The van der Waals surface area contributed by atoms with E-state index in [9.17, 15) is 13.2 Å². The summed E-state index contributed by atoms with van der Waals surface area (Å²) >= 11 is 1.14. The minimum absolute atomic E-state index is 0.200. The number of alkyl halides is 3. The Morgan fingerprint density at radius 1 is 1.00 bits per heavy atom. The molecule has 0 bridgehead atoms. The maximum Gasteiger partial charge on any atom is 0.433 e. The molecule has 3 aromatic heterocycles. The summed E-state index contributed by atoms with van der Waals surface area (Å²) in [4.78, 5) is 8.37. The highest BCUT2D eigenvalue weighted by atomic mass is 32.1. The van der Waals surface area contributed by atoms with Crippen molar-refractivity contribution in [3.8, 4) is 27.6 Å². The van der Waals surface area contributed by atoms with Crippen molar-refractivity contribution in [1.29, 1.82) is 0 Å². The topological polar surface area (TPSA) is 43.6 Å². The largest absolute Gasteiger partial charge is 0.433 e. The van der Waals surface area contributed by atoms with Crippen LogP contribution in [0.4, 0.5) is 13.2 Å². The van der Waals surface area contributed by atoms with Gasteiger partial charge in [-0.1, -0.05) is 24.3 Å². The fourth-order valence-corrected chi connectivity index (χ4v) is 4.37. The van der Waals surface area contributed by atoms with E-state index in [0.29, 0.717) is 24.2 Å². The summed E-state index contributed by atoms with van der Waals surface area (Å²) in [7, 11) is 0. The minimum atomic E-state index is -4.52. The van der Waals surface area contributed by atoms with Crippen molar-refractivity contribution >= 4 is 11.3 Å². The van der Waals surface area contributed by atoms with Gasteiger partial charge in [0.25, 0.3) is 0 Å². The molecule has 8 heteroatoms. The maximum atomic E-state index is 14.0. The molecule has 4 aromatic rings. The zero-order valence-electron chi connectivity index (χ0n) is 14.4. The van der Waals surface area contributed by atoms with E-state index in [-0.39, 0.29) is 10.7 Å². The Kier molecular flexibility index (Phi) is 3.83. The van der Waals surface area contributed by atoms with E-state index in [4.69, 9.17) is 0 Å². The van der Waals surface area contributed by atoms with Crippen molar-refractivity contribution in [2.75, 3.05) is 0 Å². The number of hydrogen-bond donors (Lipinski definition) is 0. The minimum Gasteiger partial charge on any atom is -0.265 e. The van der Waals surface area contributed by atoms with E-state index in [1.807, 2.05) is 24.3 Å². The number of nitrogens with zero attached hydrogens (tertiary/aromatic N) is 4. The highest BCUT2D eigenvalue weighted by Gasteiger charge is 2.42. The van der Waals surface area contributed by atoms with Gasteiger partial charge in [0, 0.05) is 34.5 Å². The number of hydrogen-bond acceptors (Lipinski definition) is 4. The van der Waals surface area contributed by atoms with Gasteiger partial charge >= 0.3 is 6.18 Å². The Labute approximate surface area is 162 Å². The second-order valence-corrected chi connectivity index (χ2v) is 7.33. The molecule has 0 aliphatic heterocycles. The molecule has 0 spiro atoms. The van der Waals surface area contributed by atoms with Gasteiger partial charge in [-0.25, -0.2) is 9.67 Å². The van der Waals surface area contributed by atoms with Gasteiger partial charge in [0.15, 0.2) is 5.69 Å². The highest BCUT2D eigenvalue weighted by Crippen LogP contribution is 2.42. The van der Waals surface area contributed by atoms with Crippen molar-refractivity contribution in [3.63, 3.8) is 0 Å². The summed E-state index contributed by atoms with van der Waals surface area (Å²) in [5.41, 5.74) is 3.09. The smallest absolute Gasteiger partial charge is 0.265 e. The van der Waals surface area contributed by atoms with Crippen molar-refractivity contribution < 1.29 is 13.2 Å². The van der Waals surface area contributed by atoms with Crippen molar-refractivity contribution in [2.24, 2.45) is 0 Å². The van der Waals surface area contributed by atoms with Crippen molar-refractivity contribution in [1.82, 2.24) is 19.7 Å². The number of rotatable bonds is 2. The monoisotopic (exact) mass is 398 g/mol. The van der Waals surface area contributed by atoms with Crippen molar-refractivity contribution in [3.05, 3.63) is 71.0 Å². The van der Waals surface area contributed by atoms with E-state index in [2.05, 4.69) is 15.1 Å². The van der Waals surface area contributed by atoms with Crippen LogP contribution in [0.2, 0.25) is 0 Å². The number of fused-ring (bicyclic) bond motifs is 3. The first kappa shape index (κ1) is 17.1. The third kappa shape index (κ3) is 2.72. The number of pyridine rings is 1. The van der Waals surface area contributed by atoms with Crippen LogP contribution in [-0.2, 0) is 19.0 Å². The first-order valence-electron chi connectivity index (χ1n) is 8.66. The van der Waals surface area contributed by atoms with E-state index in [0.717, 1.165) is 32.7 Å². The molecule has 4 nitrogen and oxygen atoms in total. The number of aromatic nitrogens is 4. The molecule has 0 unspecified atom stereocenters. The average molecular weight is 398 g/mol. The second-order valence-electron chi connectivity index (χ2n) is 6.49. The first-order chi connectivity index (χ1) is 13.5. The maximum absolute atomic E-state index is 14.0. The molecule has 0 atom stereocenters. The Hall–Kier alpha value is -3.00. The number of thiazole rings is 1. The number of halogens is 3. The summed E-state index contributed by atoms with van der Waals surface area (Å²) in [6.45, 7) is 0. The Balaban J connectivity index is 1.69. The lowest BCUT2D eigenvalue weighted by molar-refractivity contribution is -0.143. The molecule has 0 radical (unpaired) electrons. The molecule has 0 saturated carbocycles. The lowest BCUT2D eigenvalue weighted by Crippen LogP contribution is -2.16. The quantitative estimate of drug-likeness (QED) is 0.468. The van der Waals surface area contributed by atoms with E-state index >= 15 is 0 Å². The standard InChI is InChI=1S/C20H13F3N4S/c21-20(22,23)18-15-6-5-12-3-1-2-4-14(12)17(15)26-27(18)19-25-16(11-28-19)13-7-9-24-10-8-13/h1-4,7-11H,5-6H2. The summed E-state index contributed by atoms with van der Waals surface area (Å²) < 4.78 is 42.9. The Morgan fingerprint density at radius 3 is 2.57 bits per heavy atom. The average Bonchev–Trinajstić information content (AvgIpc) is 3.33. The highest BCUT2D eigenvalue weighted by molar-refractivity contribution is 7.12. The van der Waals surface area contributed by atoms with Crippen molar-refractivity contribution in [2.45, 2.75) is 19.0 Å². The fourth-order valence-electron chi connectivity index (χ4n) is 3.58. The molecule has 28 heavy (non-hydrogen) atoms. The SMILES string of the molecule is FC(F)(F)c1c2c(nn1-c1nc(-c3ccncc3)cs1)-c1ccccc1CC2. The summed E-state index contributed by atoms with van der Waals surface area (Å²) in [6, 6.07) is 11.0. The third-order valence-corrected chi connectivity index (χ3v) is 5.63. The Morgan fingerprint density at radius 2 is 1.79 bits per heavy atom. The zero-order chi connectivity index (χ0) is 19.3. The lowest BCUT2D eigenvalue weighted by atomic mass is 9.89. The summed E-state index contributed by atoms with van der Waals surface area (Å²) in [6.07, 6.45) is -0.394. The second kappa shape index (κ2) is 6.27. The predicted octanol–water partition coefficient (Wildman–Crippen LogP) is 5.18. The van der Waals surface area contributed by atoms with Gasteiger partial charge in [-0.15, -0.1) is 11.3 Å². The van der Waals surface area contributed by atoms with Gasteiger partial charge in [-0.05, 0) is 30.5 Å². The van der Waals surface area contributed by atoms with Crippen LogP contribution >= 0.6 is 11.3 Å². The fraction of sp³-hybridized carbons (Fsp3) is 0.150. The molecule has 1 aliphatic carbocycles. The van der Waals surface area contributed by atoms with Crippen LogP contribution in [0.5, 0.6) is 0 Å². The van der Waals surface area contributed by atoms with E-state index < -0.39 is 11.9 Å². The molecule has 0 N–H and O–H groups in total. The molecule has 140 valence electrons. The van der Waals surface area contributed by atoms with Gasteiger partial charge in [0.1, 0.15) is 0 Å². The molecule has 1 aromatic carbocycles. The summed E-state index contributed by atoms with van der Waals surface area (Å²) in [5.74, 6) is 0. The van der Waals surface area contributed by atoms with E-state index in [1.165, 1.54) is 0 Å². The molecular formula is C20H13F3N4S. The Bertz CT molecular complexity index is 1160. The molecular weight excluding hydrogens is 385 g/mol. The third-order valence-electron chi connectivity index (χ3n) is 4.82. The first-order valence-corrected chi connectivity index (χ1v) is 9.54. The van der Waals surface area contributed by atoms with E-state index in [1.54, 1.807) is 29.9 Å². The number of benzene rings is 1. The molecule has 3 heterocycles. The molecule has 1 aliphatic rings. The van der Waals surface area contributed by atoms with Crippen LogP contribution in [0.3, 0.4) is 0 Å². The van der Waals surface area contributed by atoms with Crippen LogP contribution < -0.4 is 0 Å². The zero-order valence-corrected chi connectivity index (χ0v) is 15.3. The normalized spacial score (nSPS) is 13.2.